The van der Waals surface area contributed by atoms with Gasteiger partial charge in [-0.1, -0.05) is 42.3 Å². The molecule has 0 saturated carbocycles. The van der Waals surface area contributed by atoms with Crippen LogP contribution in [0.3, 0.4) is 0 Å². The largest absolute Gasteiger partial charge is 0.356 e. The second kappa shape index (κ2) is 11.2. The standard InChI is InChI=1S/C20H23Cl2N3O4S/c1-2-10-23-19(26)9-11-24-20(27)12-14-3-5-15(6-4-14)25-30(28,29)16-7-8-17(21)18(22)13-16/h3-8,13,25H,2,9-12H2,1H3,(H,23,26)(H,24,27). The number of amides is 2. The Morgan fingerprint density at radius 2 is 1.57 bits per heavy atom. The highest BCUT2D eigenvalue weighted by atomic mass is 35.5. The number of benzene rings is 2. The Kier molecular flexibility index (Phi) is 8.95. The van der Waals surface area contributed by atoms with Gasteiger partial charge in [0.1, 0.15) is 0 Å². The third kappa shape index (κ3) is 7.51. The highest BCUT2D eigenvalue weighted by Gasteiger charge is 2.16. The van der Waals surface area contributed by atoms with Crippen LogP contribution < -0.4 is 15.4 Å². The van der Waals surface area contributed by atoms with Crippen LogP contribution in [0.2, 0.25) is 10.0 Å². The second-order valence-electron chi connectivity index (χ2n) is 6.51. The number of carbonyl (C=O) groups excluding carboxylic acids is 2. The van der Waals surface area contributed by atoms with E-state index in [-0.39, 0.29) is 46.1 Å². The molecule has 2 amide bonds. The fraction of sp³-hybridized carbons (Fsp3) is 0.300. The van der Waals surface area contributed by atoms with Crippen LogP contribution in [0.4, 0.5) is 5.69 Å². The average Bonchev–Trinajstić information content (AvgIpc) is 2.69. The van der Waals surface area contributed by atoms with Gasteiger partial charge >= 0.3 is 0 Å². The molecule has 0 fully saturated rings. The SMILES string of the molecule is CCCNC(=O)CCNC(=O)Cc1ccc(NS(=O)(=O)c2ccc(Cl)c(Cl)c2)cc1. The fourth-order valence-corrected chi connectivity index (χ4v) is 3.91. The molecular formula is C20H23Cl2N3O4S. The molecule has 0 heterocycles. The van der Waals surface area contributed by atoms with E-state index in [1.165, 1.54) is 18.2 Å². The Morgan fingerprint density at radius 3 is 2.20 bits per heavy atom. The first-order valence-electron chi connectivity index (χ1n) is 9.31. The Morgan fingerprint density at radius 1 is 0.900 bits per heavy atom. The van der Waals surface area contributed by atoms with E-state index < -0.39 is 10.0 Å². The minimum atomic E-state index is -3.83. The van der Waals surface area contributed by atoms with Gasteiger partial charge in [0.15, 0.2) is 0 Å². The van der Waals surface area contributed by atoms with Crippen LogP contribution in [0.25, 0.3) is 0 Å². The van der Waals surface area contributed by atoms with Crippen molar-refractivity contribution in [1.82, 2.24) is 10.6 Å². The molecule has 162 valence electrons. The van der Waals surface area contributed by atoms with E-state index in [9.17, 15) is 18.0 Å². The summed E-state index contributed by atoms with van der Waals surface area (Å²) >= 11 is 11.7. The number of rotatable bonds is 10. The van der Waals surface area contributed by atoms with Crippen LogP contribution in [0.5, 0.6) is 0 Å². The van der Waals surface area contributed by atoms with Gasteiger partial charge in [-0.15, -0.1) is 0 Å². The van der Waals surface area contributed by atoms with Crippen LogP contribution in [0.15, 0.2) is 47.4 Å². The lowest BCUT2D eigenvalue weighted by molar-refractivity contribution is -0.122. The maximum atomic E-state index is 12.5. The predicted octanol–water partition coefficient (Wildman–Crippen LogP) is 3.37. The minimum Gasteiger partial charge on any atom is -0.356 e. The monoisotopic (exact) mass is 471 g/mol. The summed E-state index contributed by atoms with van der Waals surface area (Å²) in [5.41, 5.74) is 1.05. The van der Waals surface area contributed by atoms with Crippen molar-refractivity contribution in [2.75, 3.05) is 17.8 Å². The lowest BCUT2D eigenvalue weighted by Crippen LogP contribution is -2.31. The molecule has 2 rings (SSSR count). The lowest BCUT2D eigenvalue weighted by Gasteiger charge is -2.10. The summed E-state index contributed by atoms with van der Waals surface area (Å²) < 4.78 is 27.4. The van der Waals surface area contributed by atoms with Gasteiger partial charge in [-0.05, 0) is 42.3 Å². The maximum absolute atomic E-state index is 12.5. The molecule has 0 aliphatic carbocycles. The van der Waals surface area contributed by atoms with Crippen LogP contribution in [-0.2, 0) is 26.0 Å². The lowest BCUT2D eigenvalue weighted by atomic mass is 10.1. The second-order valence-corrected chi connectivity index (χ2v) is 9.00. The van der Waals surface area contributed by atoms with E-state index in [0.29, 0.717) is 17.8 Å². The third-order valence-electron chi connectivity index (χ3n) is 4.02. The molecule has 2 aromatic carbocycles. The van der Waals surface area contributed by atoms with Gasteiger partial charge in [0.25, 0.3) is 10.0 Å². The number of halogens is 2. The average molecular weight is 472 g/mol. The van der Waals surface area contributed by atoms with Gasteiger partial charge < -0.3 is 10.6 Å². The van der Waals surface area contributed by atoms with Crippen molar-refractivity contribution in [3.63, 3.8) is 0 Å². The van der Waals surface area contributed by atoms with E-state index in [1.54, 1.807) is 24.3 Å². The first-order chi connectivity index (χ1) is 14.2. The molecule has 0 aromatic heterocycles. The van der Waals surface area contributed by atoms with Crippen molar-refractivity contribution < 1.29 is 18.0 Å². The topological polar surface area (TPSA) is 104 Å². The van der Waals surface area contributed by atoms with E-state index in [0.717, 1.165) is 6.42 Å². The summed E-state index contributed by atoms with van der Waals surface area (Å²) in [5.74, 6) is -0.321. The fourth-order valence-electron chi connectivity index (χ4n) is 2.46. The summed E-state index contributed by atoms with van der Waals surface area (Å²) in [6.45, 7) is 2.84. The Labute approximate surface area is 186 Å². The molecule has 10 heteroatoms. The van der Waals surface area contributed by atoms with E-state index >= 15 is 0 Å². The molecule has 0 bridgehead atoms. The normalized spacial score (nSPS) is 11.0. The van der Waals surface area contributed by atoms with E-state index in [4.69, 9.17) is 23.2 Å². The van der Waals surface area contributed by atoms with Crippen LogP contribution >= 0.6 is 23.2 Å². The number of hydrogen-bond acceptors (Lipinski definition) is 4. The third-order valence-corrected chi connectivity index (χ3v) is 6.14. The number of sulfonamides is 1. The van der Waals surface area contributed by atoms with Crippen molar-refractivity contribution >= 4 is 50.7 Å². The summed E-state index contributed by atoms with van der Waals surface area (Å²) in [7, 11) is -3.83. The summed E-state index contributed by atoms with van der Waals surface area (Å²) in [6.07, 6.45) is 1.20. The molecule has 3 N–H and O–H groups in total. The zero-order valence-electron chi connectivity index (χ0n) is 16.4. The first kappa shape index (κ1) is 24.0. The Balaban J connectivity index is 1.87. The number of carbonyl (C=O) groups is 2. The summed E-state index contributed by atoms with van der Waals surface area (Å²) in [5, 5.41) is 5.83. The van der Waals surface area contributed by atoms with Crippen LogP contribution in [-0.4, -0.2) is 33.3 Å². The highest BCUT2D eigenvalue weighted by Crippen LogP contribution is 2.26. The highest BCUT2D eigenvalue weighted by molar-refractivity contribution is 7.92. The molecular weight excluding hydrogens is 449 g/mol. The number of hydrogen-bond donors (Lipinski definition) is 3. The van der Waals surface area contributed by atoms with Gasteiger partial charge in [0.2, 0.25) is 11.8 Å². The summed E-state index contributed by atoms with van der Waals surface area (Å²) in [6, 6.07) is 10.5. The van der Waals surface area contributed by atoms with Gasteiger partial charge in [0, 0.05) is 25.2 Å². The number of anilines is 1. The van der Waals surface area contributed by atoms with Crippen molar-refractivity contribution in [3.8, 4) is 0 Å². The van der Waals surface area contributed by atoms with Gasteiger partial charge in [-0.25, -0.2) is 8.42 Å². The molecule has 0 radical (unpaired) electrons. The van der Waals surface area contributed by atoms with E-state index in [1.807, 2.05) is 6.92 Å². The molecule has 0 spiro atoms. The van der Waals surface area contributed by atoms with Crippen molar-refractivity contribution in [1.29, 1.82) is 0 Å². The van der Waals surface area contributed by atoms with Crippen molar-refractivity contribution in [2.24, 2.45) is 0 Å². The molecule has 7 nitrogen and oxygen atoms in total. The molecule has 2 aromatic rings. The maximum Gasteiger partial charge on any atom is 0.261 e. The Bertz CT molecular complexity index is 996. The molecule has 0 saturated heterocycles. The summed E-state index contributed by atoms with van der Waals surface area (Å²) in [4.78, 5) is 23.5. The number of nitrogens with one attached hydrogen (secondary N) is 3. The van der Waals surface area contributed by atoms with E-state index in [2.05, 4.69) is 15.4 Å². The van der Waals surface area contributed by atoms with Gasteiger partial charge in [-0.2, -0.15) is 0 Å². The first-order valence-corrected chi connectivity index (χ1v) is 11.6. The van der Waals surface area contributed by atoms with Crippen molar-refractivity contribution in [2.45, 2.75) is 31.1 Å². The zero-order valence-corrected chi connectivity index (χ0v) is 18.7. The molecule has 30 heavy (non-hydrogen) atoms. The minimum absolute atomic E-state index is 0.0108. The zero-order chi connectivity index (χ0) is 22.1. The van der Waals surface area contributed by atoms with Crippen LogP contribution in [0.1, 0.15) is 25.3 Å². The predicted molar refractivity (Wildman–Crippen MR) is 118 cm³/mol. The van der Waals surface area contributed by atoms with Crippen molar-refractivity contribution in [3.05, 3.63) is 58.1 Å². The van der Waals surface area contributed by atoms with Gasteiger partial charge in [0.05, 0.1) is 21.4 Å². The Hall–Kier alpha value is -2.29. The molecule has 0 aliphatic heterocycles. The quantitative estimate of drug-likeness (QED) is 0.493. The van der Waals surface area contributed by atoms with Crippen LogP contribution in [0, 0.1) is 0 Å². The molecule has 0 atom stereocenters. The van der Waals surface area contributed by atoms with Gasteiger partial charge in [-0.3, -0.25) is 14.3 Å². The smallest absolute Gasteiger partial charge is 0.261 e. The molecule has 0 unspecified atom stereocenters. The molecule has 0 aliphatic rings.